The monoisotopic (exact) mass is 392 g/mol. The minimum absolute atomic E-state index is 0.274. The molecule has 0 radical (unpaired) electrons. The Morgan fingerprint density at radius 1 is 1.41 bits per heavy atom. The van der Waals surface area contributed by atoms with Crippen molar-refractivity contribution < 1.29 is 13.9 Å². The van der Waals surface area contributed by atoms with E-state index in [9.17, 15) is 9.18 Å². The third-order valence-corrected chi connectivity index (χ3v) is 4.68. The molecule has 148 valence electrons. The fourth-order valence-corrected chi connectivity index (χ4v) is 3.10. The molecular formula is C22H21FN4O2. The van der Waals surface area contributed by atoms with E-state index >= 15 is 0 Å². The molecule has 0 fully saturated rings. The number of nitrogens with zero attached hydrogens (tertiary/aromatic N) is 4. The van der Waals surface area contributed by atoms with Crippen molar-refractivity contribution in [3.63, 3.8) is 0 Å². The summed E-state index contributed by atoms with van der Waals surface area (Å²) in [5, 5.41) is 14.3. The Bertz CT molecular complexity index is 979. The first-order valence-corrected chi connectivity index (χ1v) is 9.28. The lowest BCUT2D eigenvalue weighted by Crippen LogP contribution is -2.28. The molecule has 2 aromatic rings. The molecule has 2 heterocycles. The van der Waals surface area contributed by atoms with Crippen molar-refractivity contribution in [1.82, 2.24) is 9.99 Å². The number of carbonyl (C=O) groups excluding carboxylic acids is 1. The molecule has 0 saturated carbocycles. The molecule has 0 saturated heterocycles. The molecule has 29 heavy (non-hydrogen) atoms. The molecule has 1 aromatic heterocycles. The van der Waals surface area contributed by atoms with E-state index in [0.717, 1.165) is 11.1 Å². The van der Waals surface area contributed by atoms with Crippen LogP contribution >= 0.6 is 0 Å². The summed E-state index contributed by atoms with van der Waals surface area (Å²) < 4.78 is 19.2. The number of amides is 1. The lowest BCUT2D eigenvalue weighted by atomic mass is 9.98. The zero-order valence-electron chi connectivity index (χ0n) is 16.1. The highest BCUT2D eigenvalue weighted by molar-refractivity contribution is 5.94. The second-order valence-electron chi connectivity index (χ2n) is 6.75. The average molecular weight is 392 g/mol. The molecule has 0 aliphatic carbocycles. The van der Waals surface area contributed by atoms with Crippen LogP contribution in [0.4, 0.5) is 4.39 Å². The Labute approximate surface area is 168 Å². The maximum atomic E-state index is 13.7. The third-order valence-electron chi connectivity index (χ3n) is 4.68. The zero-order valence-corrected chi connectivity index (χ0v) is 16.1. The number of aromatic nitrogens is 1. The molecule has 1 aromatic carbocycles. The zero-order chi connectivity index (χ0) is 20.8. The molecule has 7 heteroatoms. The normalized spacial score (nSPS) is 15.2. The van der Waals surface area contributed by atoms with E-state index in [2.05, 4.69) is 16.7 Å². The van der Waals surface area contributed by atoms with Crippen molar-refractivity contribution in [2.75, 3.05) is 6.61 Å². The first-order chi connectivity index (χ1) is 14.0. The summed E-state index contributed by atoms with van der Waals surface area (Å²) in [5.74, 6) is -0.187. The molecule has 3 rings (SSSR count). The van der Waals surface area contributed by atoms with Crippen LogP contribution in [0.1, 0.15) is 42.0 Å². The average Bonchev–Trinajstić information content (AvgIpc) is 3.22. The van der Waals surface area contributed by atoms with Gasteiger partial charge in [0.2, 0.25) is 5.88 Å². The van der Waals surface area contributed by atoms with Crippen LogP contribution in [0.2, 0.25) is 0 Å². The highest BCUT2D eigenvalue weighted by Crippen LogP contribution is 2.32. The first kappa shape index (κ1) is 20.2. The summed E-state index contributed by atoms with van der Waals surface area (Å²) in [6, 6.07) is 9.49. The number of rotatable bonds is 7. The molecule has 1 aliphatic rings. The minimum Gasteiger partial charge on any atom is -0.478 e. The highest BCUT2D eigenvalue weighted by Gasteiger charge is 2.30. The molecule has 1 amide bonds. The number of nitriles is 1. The van der Waals surface area contributed by atoms with Gasteiger partial charge in [-0.3, -0.25) is 4.79 Å². The largest absolute Gasteiger partial charge is 0.478 e. The van der Waals surface area contributed by atoms with Crippen LogP contribution in [0, 0.1) is 24.1 Å². The van der Waals surface area contributed by atoms with E-state index in [1.165, 1.54) is 23.3 Å². The van der Waals surface area contributed by atoms with Gasteiger partial charge in [-0.05, 0) is 49.1 Å². The summed E-state index contributed by atoms with van der Waals surface area (Å²) in [5.41, 5.74) is 2.54. The van der Waals surface area contributed by atoms with Crippen LogP contribution in [0.25, 0.3) is 0 Å². The molecule has 1 atom stereocenters. The fraction of sp³-hybridized carbons (Fsp3) is 0.273. The van der Waals surface area contributed by atoms with Gasteiger partial charge < -0.3 is 4.74 Å². The van der Waals surface area contributed by atoms with Gasteiger partial charge in [0.25, 0.3) is 5.91 Å². The maximum absolute atomic E-state index is 13.7. The van der Waals surface area contributed by atoms with Crippen LogP contribution in [0.3, 0.4) is 0 Å². The van der Waals surface area contributed by atoms with Crippen molar-refractivity contribution in [3.05, 3.63) is 71.2 Å². The summed E-state index contributed by atoms with van der Waals surface area (Å²) in [4.78, 5) is 16.8. The Kier molecular flexibility index (Phi) is 6.35. The van der Waals surface area contributed by atoms with E-state index in [4.69, 9.17) is 10.00 Å². The van der Waals surface area contributed by atoms with E-state index in [1.54, 1.807) is 24.4 Å². The highest BCUT2D eigenvalue weighted by atomic mass is 19.1. The number of carbonyl (C=O) groups is 1. The van der Waals surface area contributed by atoms with Gasteiger partial charge in [-0.15, -0.1) is 0 Å². The van der Waals surface area contributed by atoms with Crippen LogP contribution in [0.15, 0.2) is 53.8 Å². The smallest absolute Gasteiger partial charge is 0.269 e. The van der Waals surface area contributed by atoms with Crippen molar-refractivity contribution in [1.29, 1.82) is 5.26 Å². The molecule has 6 nitrogen and oxygen atoms in total. The molecule has 1 unspecified atom stereocenters. The van der Waals surface area contributed by atoms with E-state index in [0.29, 0.717) is 42.9 Å². The van der Waals surface area contributed by atoms with Crippen LogP contribution in [-0.4, -0.2) is 28.7 Å². The van der Waals surface area contributed by atoms with E-state index in [1.807, 2.05) is 13.0 Å². The topological polar surface area (TPSA) is 78.6 Å². The molecule has 0 spiro atoms. The predicted octanol–water partition coefficient (Wildman–Crippen LogP) is 4.08. The Morgan fingerprint density at radius 2 is 2.24 bits per heavy atom. The van der Waals surface area contributed by atoms with Gasteiger partial charge in [-0.25, -0.2) is 14.4 Å². The van der Waals surface area contributed by atoms with Crippen molar-refractivity contribution in [3.8, 4) is 11.9 Å². The summed E-state index contributed by atoms with van der Waals surface area (Å²) >= 11 is 0. The number of benzene rings is 1. The number of pyridine rings is 1. The maximum Gasteiger partial charge on any atom is 0.269 e. The summed E-state index contributed by atoms with van der Waals surface area (Å²) in [6.45, 7) is 6.14. The SMILES string of the molecule is C=C(CCCOc1ccc(C#N)cn1)C(=O)N1N=CCC1c1cc(F)ccc1C. The Morgan fingerprint density at radius 3 is 2.97 bits per heavy atom. The number of hydrogen-bond donors (Lipinski definition) is 0. The second-order valence-corrected chi connectivity index (χ2v) is 6.75. The van der Waals surface area contributed by atoms with Gasteiger partial charge in [-0.1, -0.05) is 12.6 Å². The second kappa shape index (κ2) is 9.11. The number of hydrogen-bond acceptors (Lipinski definition) is 5. The summed E-state index contributed by atoms with van der Waals surface area (Å²) in [6.07, 6.45) is 4.66. The van der Waals surface area contributed by atoms with Crippen LogP contribution in [0.5, 0.6) is 5.88 Å². The Hall–Kier alpha value is -3.53. The lowest BCUT2D eigenvalue weighted by Gasteiger charge is -2.24. The van der Waals surface area contributed by atoms with Gasteiger partial charge in [0.15, 0.2) is 0 Å². The molecule has 1 aliphatic heterocycles. The lowest BCUT2D eigenvalue weighted by molar-refractivity contribution is -0.129. The molecular weight excluding hydrogens is 371 g/mol. The van der Waals surface area contributed by atoms with Crippen molar-refractivity contribution in [2.24, 2.45) is 5.10 Å². The summed E-state index contributed by atoms with van der Waals surface area (Å²) in [7, 11) is 0. The van der Waals surface area contributed by atoms with E-state index in [-0.39, 0.29) is 17.8 Å². The Balaban J connectivity index is 1.53. The first-order valence-electron chi connectivity index (χ1n) is 9.28. The quantitative estimate of drug-likeness (QED) is 0.525. The predicted molar refractivity (Wildman–Crippen MR) is 107 cm³/mol. The van der Waals surface area contributed by atoms with Crippen LogP contribution in [-0.2, 0) is 4.79 Å². The number of aryl methyl sites for hydroxylation is 1. The van der Waals surface area contributed by atoms with Crippen molar-refractivity contribution in [2.45, 2.75) is 32.2 Å². The number of halogens is 1. The van der Waals surface area contributed by atoms with E-state index < -0.39 is 0 Å². The van der Waals surface area contributed by atoms with Gasteiger partial charge in [-0.2, -0.15) is 10.4 Å². The minimum atomic E-state index is -0.336. The third kappa shape index (κ3) is 4.85. The standard InChI is InChI=1S/C22H21FN4O2/c1-15-5-7-18(23)12-19(15)20-9-10-26-27(20)22(28)16(2)4-3-11-29-21-8-6-17(13-24)14-25-21/h5-8,10,12,14,20H,2-4,9,11H2,1H3. The van der Waals surface area contributed by atoms with Gasteiger partial charge in [0.05, 0.1) is 18.2 Å². The number of hydrazone groups is 1. The van der Waals surface area contributed by atoms with Gasteiger partial charge in [0, 0.05) is 30.5 Å². The van der Waals surface area contributed by atoms with Gasteiger partial charge in [0.1, 0.15) is 11.9 Å². The fourth-order valence-electron chi connectivity index (χ4n) is 3.10. The molecule has 0 N–H and O–H groups in total. The number of ether oxygens (including phenoxy) is 1. The molecule has 0 bridgehead atoms. The van der Waals surface area contributed by atoms with Gasteiger partial charge >= 0.3 is 0 Å². The van der Waals surface area contributed by atoms with Crippen molar-refractivity contribution >= 4 is 12.1 Å². The van der Waals surface area contributed by atoms with Crippen LogP contribution < -0.4 is 4.74 Å².